The molecule has 5 rings (SSSR count). The van der Waals surface area contributed by atoms with Crippen LogP contribution < -0.4 is 10.2 Å². The molecule has 0 amide bonds. The molecule has 2 aliphatic heterocycles. The van der Waals surface area contributed by atoms with E-state index in [4.69, 9.17) is 9.72 Å². The minimum atomic E-state index is -0.692. The molecule has 0 radical (unpaired) electrons. The van der Waals surface area contributed by atoms with Gasteiger partial charge >= 0.3 is 0 Å². The molecule has 2 aliphatic rings. The molecule has 154 valence electrons. The summed E-state index contributed by atoms with van der Waals surface area (Å²) < 4.78 is 34.5. The first-order chi connectivity index (χ1) is 14.5. The van der Waals surface area contributed by atoms with Crippen LogP contribution in [0.3, 0.4) is 0 Å². The number of morpholine rings is 1. The lowest BCUT2D eigenvalue weighted by molar-refractivity contribution is 0.122. The number of H-pyrrole nitrogens is 1. The number of rotatable bonds is 2. The van der Waals surface area contributed by atoms with Crippen LogP contribution in [-0.2, 0) is 4.74 Å². The summed E-state index contributed by atoms with van der Waals surface area (Å²) in [7, 11) is 0. The lowest BCUT2D eigenvalue weighted by atomic mass is 10.1. The molecule has 30 heavy (non-hydrogen) atoms. The summed E-state index contributed by atoms with van der Waals surface area (Å²) in [6, 6.07) is 5.68. The van der Waals surface area contributed by atoms with E-state index in [9.17, 15) is 8.78 Å². The van der Waals surface area contributed by atoms with Gasteiger partial charge in [-0.25, -0.2) is 18.8 Å². The number of nitrogens with zero attached hydrogens (tertiary/aromatic N) is 4. The maximum Gasteiger partial charge on any atom is 0.144 e. The van der Waals surface area contributed by atoms with Gasteiger partial charge in [-0.3, -0.25) is 5.10 Å². The van der Waals surface area contributed by atoms with Crippen LogP contribution in [0.25, 0.3) is 11.3 Å². The highest BCUT2D eigenvalue weighted by molar-refractivity contribution is 6.13. The van der Waals surface area contributed by atoms with Crippen LogP contribution in [0.5, 0.6) is 0 Å². The van der Waals surface area contributed by atoms with Crippen molar-refractivity contribution in [3.8, 4) is 11.3 Å². The zero-order valence-corrected chi connectivity index (χ0v) is 16.6. The summed E-state index contributed by atoms with van der Waals surface area (Å²) in [5.41, 5.74) is 3.73. The maximum atomic E-state index is 14.5. The summed E-state index contributed by atoms with van der Waals surface area (Å²) in [6.07, 6.45) is 0. The highest BCUT2D eigenvalue weighted by atomic mass is 19.1. The van der Waals surface area contributed by atoms with Crippen molar-refractivity contribution in [3.63, 3.8) is 0 Å². The van der Waals surface area contributed by atoms with Crippen molar-refractivity contribution >= 4 is 23.0 Å². The first-order valence-corrected chi connectivity index (χ1v) is 9.72. The Kier molecular flexibility index (Phi) is 4.47. The van der Waals surface area contributed by atoms with Crippen molar-refractivity contribution in [2.45, 2.75) is 13.8 Å². The molecule has 4 heterocycles. The molecule has 1 aromatic carbocycles. The van der Waals surface area contributed by atoms with Crippen LogP contribution in [0.2, 0.25) is 0 Å². The summed E-state index contributed by atoms with van der Waals surface area (Å²) >= 11 is 0. The van der Waals surface area contributed by atoms with Crippen LogP contribution in [0.4, 0.5) is 26.0 Å². The fraction of sp³-hybridized carbons (Fsp3) is 0.286. The van der Waals surface area contributed by atoms with Gasteiger partial charge < -0.3 is 15.0 Å². The SMILES string of the molecule is Cc1nc(N2CCOCC2)cc2c1N=C(c1c(F)cccc1F)Nc1c-2n[nH]c1C. The number of aromatic nitrogens is 3. The lowest BCUT2D eigenvalue weighted by Gasteiger charge is -2.28. The number of aryl methyl sites for hydroxylation is 2. The predicted molar refractivity (Wildman–Crippen MR) is 111 cm³/mol. The second-order valence-electron chi connectivity index (χ2n) is 7.32. The van der Waals surface area contributed by atoms with Crippen LogP contribution in [0.1, 0.15) is 17.0 Å². The molecule has 2 N–H and O–H groups in total. The van der Waals surface area contributed by atoms with E-state index in [1.807, 2.05) is 19.9 Å². The van der Waals surface area contributed by atoms with E-state index >= 15 is 0 Å². The number of aliphatic imine (C=N–C) groups is 1. The van der Waals surface area contributed by atoms with E-state index in [2.05, 4.69) is 25.4 Å². The third-order valence-electron chi connectivity index (χ3n) is 5.36. The van der Waals surface area contributed by atoms with Crippen LogP contribution in [0, 0.1) is 25.5 Å². The zero-order valence-electron chi connectivity index (χ0n) is 16.6. The number of amidine groups is 1. The molecule has 0 atom stereocenters. The van der Waals surface area contributed by atoms with Gasteiger partial charge in [0.1, 0.15) is 29.0 Å². The molecule has 0 spiro atoms. The first-order valence-electron chi connectivity index (χ1n) is 9.72. The van der Waals surface area contributed by atoms with Gasteiger partial charge in [-0.15, -0.1) is 0 Å². The molecule has 2 aromatic heterocycles. The Labute approximate surface area is 171 Å². The fourth-order valence-electron chi connectivity index (χ4n) is 3.80. The van der Waals surface area contributed by atoms with Crippen LogP contribution in [0.15, 0.2) is 29.3 Å². The van der Waals surface area contributed by atoms with Crippen LogP contribution in [-0.4, -0.2) is 47.3 Å². The van der Waals surface area contributed by atoms with Crippen molar-refractivity contribution in [1.82, 2.24) is 15.2 Å². The molecule has 0 bridgehead atoms. The highest BCUT2D eigenvalue weighted by Crippen LogP contribution is 2.41. The third kappa shape index (κ3) is 3.02. The van der Waals surface area contributed by atoms with E-state index in [0.29, 0.717) is 36.0 Å². The molecule has 3 aromatic rings. The van der Waals surface area contributed by atoms with Gasteiger partial charge in [0.25, 0.3) is 0 Å². The molecule has 0 saturated carbocycles. The number of pyridine rings is 1. The van der Waals surface area contributed by atoms with E-state index < -0.39 is 11.6 Å². The van der Waals surface area contributed by atoms with Crippen molar-refractivity contribution in [1.29, 1.82) is 0 Å². The molecule has 7 nitrogen and oxygen atoms in total. The van der Waals surface area contributed by atoms with E-state index in [-0.39, 0.29) is 11.4 Å². The van der Waals surface area contributed by atoms with Gasteiger partial charge in [0, 0.05) is 18.7 Å². The van der Waals surface area contributed by atoms with E-state index in [0.717, 1.165) is 30.2 Å². The standard InChI is InChI=1S/C21H20F2N6O/c1-11-18-13(10-16(24-11)29-6-8-30-9-7-29)20-19(12(2)27-28-20)26-21(25-18)17-14(22)4-3-5-15(17)23/h3-5,10H,6-9H2,1-2H3,(H,25,26)(H,27,28). The minimum absolute atomic E-state index is 0.0825. The van der Waals surface area contributed by atoms with Gasteiger partial charge in [0.15, 0.2) is 0 Å². The monoisotopic (exact) mass is 410 g/mol. The topological polar surface area (TPSA) is 78.4 Å². The molecule has 9 heteroatoms. The zero-order chi connectivity index (χ0) is 20.8. The average Bonchev–Trinajstić information content (AvgIpc) is 3.00. The third-order valence-corrected chi connectivity index (χ3v) is 5.36. The Morgan fingerprint density at radius 1 is 1.10 bits per heavy atom. The molecular weight excluding hydrogens is 390 g/mol. The number of ether oxygens (including phenoxy) is 1. The number of hydrogen-bond donors (Lipinski definition) is 2. The summed E-state index contributed by atoms with van der Waals surface area (Å²) in [6.45, 7) is 6.44. The number of benzene rings is 1. The molecule has 1 saturated heterocycles. The highest BCUT2D eigenvalue weighted by Gasteiger charge is 2.27. The van der Waals surface area contributed by atoms with Crippen molar-refractivity contribution in [3.05, 3.63) is 52.9 Å². The van der Waals surface area contributed by atoms with Crippen molar-refractivity contribution in [2.24, 2.45) is 4.99 Å². The van der Waals surface area contributed by atoms with E-state index in [1.165, 1.54) is 18.2 Å². The summed E-state index contributed by atoms with van der Waals surface area (Å²) in [4.78, 5) is 11.5. The Morgan fingerprint density at radius 3 is 2.57 bits per heavy atom. The smallest absolute Gasteiger partial charge is 0.144 e. The minimum Gasteiger partial charge on any atom is -0.378 e. The maximum absolute atomic E-state index is 14.5. The number of fused-ring (bicyclic) bond motifs is 3. The normalized spacial score (nSPS) is 15.7. The quantitative estimate of drug-likeness (QED) is 0.674. The van der Waals surface area contributed by atoms with Gasteiger partial charge in [-0.1, -0.05) is 6.07 Å². The largest absolute Gasteiger partial charge is 0.378 e. The Bertz CT molecular complexity index is 1150. The van der Waals surface area contributed by atoms with Crippen LogP contribution >= 0.6 is 0 Å². The lowest BCUT2D eigenvalue weighted by Crippen LogP contribution is -2.36. The van der Waals surface area contributed by atoms with Gasteiger partial charge in [-0.05, 0) is 32.0 Å². The van der Waals surface area contributed by atoms with Gasteiger partial charge in [0.05, 0.1) is 41.5 Å². The Morgan fingerprint density at radius 2 is 1.83 bits per heavy atom. The number of hydrogen-bond acceptors (Lipinski definition) is 6. The number of halogens is 2. The number of nitrogens with one attached hydrogen (secondary N) is 2. The molecule has 0 unspecified atom stereocenters. The Hall–Kier alpha value is -3.33. The first kappa shape index (κ1) is 18.7. The molecule has 0 aliphatic carbocycles. The number of anilines is 2. The van der Waals surface area contributed by atoms with Gasteiger partial charge in [-0.2, -0.15) is 5.10 Å². The summed E-state index contributed by atoms with van der Waals surface area (Å²) in [5.74, 6) is -0.498. The van der Waals surface area contributed by atoms with E-state index in [1.54, 1.807) is 0 Å². The predicted octanol–water partition coefficient (Wildman–Crippen LogP) is 3.71. The van der Waals surface area contributed by atoms with Crippen molar-refractivity contribution < 1.29 is 13.5 Å². The fourth-order valence-corrected chi connectivity index (χ4v) is 3.80. The average molecular weight is 410 g/mol. The molecular formula is C21H20F2N6O. The van der Waals surface area contributed by atoms with Crippen molar-refractivity contribution in [2.75, 3.05) is 36.5 Å². The van der Waals surface area contributed by atoms with Gasteiger partial charge in [0.2, 0.25) is 0 Å². The molecule has 1 fully saturated rings. The Balaban J connectivity index is 1.73. The number of aromatic amines is 1. The second-order valence-corrected chi connectivity index (χ2v) is 7.32. The summed E-state index contributed by atoms with van der Waals surface area (Å²) in [5, 5.41) is 10.5. The second kappa shape index (κ2) is 7.17.